The highest BCUT2D eigenvalue weighted by Gasteiger charge is 2.40. The third kappa shape index (κ3) is 9.30. The molecule has 0 aliphatic carbocycles. The van der Waals surface area contributed by atoms with Gasteiger partial charge in [0, 0.05) is 30.2 Å². The van der Waals surface area contributed by atoms with Gasteiger partial charge in [-0.15, -0.1) is 0 Å². The summed E-state index contributed by atoms with van der Waals surface area (Å²) in [6, 6.07) is 22.0. The summed E-state index contributed by atoms with van der Waals surface area (Å²) in [7, 11) is 1.25. The summed E-state index contributed by atoms with van der Waals surface area (Å²) in [5.74, 6) is -1.12. The molecule has 3 aliphatic heterocycles. The minimum absolute atomic E-state index is 0.0114. The van der Waals surface area contributed by atoms with Gasteiger partial charge >= 0.3 is 6.09 Å². The zero-order valence-electron chi connectivity index (χ0n) is 34.6. The number of hydrogen-bond acceptors (Lipinski definition) is 8. The van der Waals surface area contributed by atoms with Crippen LogP contribution in [0.15, 0.2) is 72.8 Å². The summed E-state index contributed by atoms with van der Waals surface area (Å²) in [5, 5.41) is 8.70. The van der Waals surface area contributed by atoms with Crippen LogP contribution in [-0.4, -0.2) is 83.9 Å². The lowest BCUT2D eigenvalue weighted by molar-refractivity contribution is -0.139. The molecule has 0 saturated carbocycles. The number of aryl methyl sites for hydroxylation is 1. The van der Waals surface area contributed by atoms with Crippen LogP contribution in [0.5, 0.6) is 0 Å². The van der Waals surface area contributed by atoms with Crippen molar-refractivity contribution in [1.29, 1.82) is 0 Å². The average molecular weight is 794 g/mol. The van der Waals surface area contributed by atoms with Gasteiger partial charge in [-0.3, -0.25) is 19.2 Å². The van der Waals surface area contributed by atoms with Crippen LogP contribution in [0.4, 0.5) is 21.9 Å². The number of methoxy groups -OCH3 is 1. The molecule has 0 bridgehead atoms. The van der Waals surface area contributed by atoms with Crippen molar-refractivity contribution >= 4 is 46.8 Å². The Bertz CT molecular complexity index is 1930. The molecule has 3 saturated heterocycles. The molecule has 3 aromatic carbocycles. The van der Waals surface area contributed by atoms with Crippen molar-refractivity contribution < 1.29 is 28.7 Å². The van der Waals surface area contributed by atoms with Gasteiger partial charge in [0.1, 0.15) is 18.1 Å². The molecule has 6 atom stereocenters. The van der Waals surface area contributed by atoms with Crippen LogP contribution >= 0.6 is 0 Å². The Balaban J connectivity index is 1.14. The van der Waals surface area contributed by atoms with Crippen LogP contribution in [0.25, 0.3) is 0 Å². The molecule has 3 aliphatic rings. The van der Waals surface area contributed by atoms with Crippen LogP contribution in [0.3, 0.4) is 0 Å². The Morgan fingerprint density at radius 3 is 1.55 bits per heavy atom. The summed E-state index contributed by atoms with van der Waals surface area (Å²) < 4.78 is 4.73. The standard InChI is InChI=1S/C45H59N7O6/c1-27(2)39(46)43(55)50-25-7-9-37(50)41(53)47-32-17-13-30(14-18-32)35-23-24-36(52(35)34-21-11-29(5)12-22-34)31-15-19-33(20-16-31)48-42(54)38-10-8-26-51(38)44(56)40(28(3)4)49-45(57)58-6/h11-22,27-28,35-40H,7-10,23-26,46H2,1-6H3,(H,47,53)(H,48,54)(H,49,57)/t35?,36?,37-,38-,39-,40-/m0/s1. The Hall–Kier alpha value is -5.43. The molecule has 3 fully saturated rings. The van der Waals surface area contributed by atoms with E-state index < -0.39 is 30.3 Å². The number of nitrogens with zero attached hydrogens (tertiary/aromatic N) is 3. The van der Waals surface area contributed by atoms with Crippen LogP contribution in [0.1, 0.15) is 95.0 Å². The Labute approximate surface area is 342 Å². The van der Waals surface area contributed by atoms with Crippen LogP contribution in [0, 0.1) is 18.8 Å². The molecule has 13 nitrogen and oxygen atoms in total. The maximum atomic E-state index is 13.6. The second-order valence-corrected chi connectivity index (χ2v) is 16.6. The predicted molar refractivity (Wildman–Crippen MR) is 225 cm³/mol. The number of hydrogen-bond donors (Lipinski definition) is 4. The summed E-state index contributed by atoms with van der Waals surface area (Å²) >= 11 is 0. The quantitative estimate of drug-likeness (QED) is 0.166. The number of alkyl carbamates (subject to hydrolysis) is 1. The highest BCUT2D eigenvalue weighted by Crippen LogP contribution is 2.47. The number of ether oxygens (including phenoxy) is 1. The Kier molecular flexibility index (Phi) is 13.4. The van der Waals surface area contributed by atoms with Gasteiger partial charge in [0.2, 0.25) is 23.6 Å². The maximum Gasteiger partial charge on any atom is 0.407 e. The second-order valence-electron chi connectivity index (χ2n) is 16.6. The largest absolute Gasteiger partial charge is 0.453 e. The first-order chi connectivity index (χ1) is 27.8. The fourth-order valence-corrected chi connectivity index (χ4v) is 8.53. The third-order valence-corrected chi connectivity index (χ3v) is 11.9. The number of anilines is 3. The molecule has 6 rings (SSSR count). The lowest BCUT2D eigenvalue weighted by Gasteiger charge is -2.33. The number of rotatable bonds is 12. The van der Waals surface area contributed by atoms with E-state index in [9.17, 15) is 24.0 Å². The second kappa shape index (κ2) is 18.4. The van der Waals surface area contributed by atoms with E-state index >= 15 is 0 Å². The topological polar surface area (TPSA) is 166 Å². The van der Waals surface area contributed by atoms with E-state index in [-0.39, 0.29) is 47.5 Å². The molecule has 0 spiro atoms. The van der Waals surface area contributed by atoms with E-state index in [1.165, 1.54) is 12.7 Å². The van der Waals surface area contributed by atoms with E-state index in [1.807, 2.05) is 52.0 Å². The number of carbonyl (C=O) groups excluding carboxylic acids is 5. The summed E-state index contributed by atoms with van der Waals surface area (Å²) in [6.07, 6.45) is 3.73. The first-order valence-electron chi connectivity index (χ1n) is 20.6. The lowest BCUT2D eigenvalue weighted by atomic mass is 10.0. The van der Waals surface area contributed by atoms with Crippen LogP contribution < -0.4 is 26.6 Å². The first-order valence-corrected chi connectivity index (χ1v) is 20.6. The van der Waals surface area contributed by atoms with Crippen molar-refractivity contribution in [3.8, 4) is 0 Å². The van der Waals surface area contributed by atoms with Crippen molar-refractivity contribution in [1.82, 2.24) is 15.1 Å². The van der Waals surface area contributed by atoms with Crippen molar-refractivity contribution in [2.75, 3.05) is 35.7 Å². The number of nitrogens with two attached hydrogens (primary N) is 1. The number of nitrogens with one attached hydrogen (secondary N) is 3. The van der Waals surface area contributed by atoms with Gasteiger partial charge in [0.15, 0.2) is 0 Å². The number of carbonyl (C=O) groups is 5. The van der Waals surface area contributed by atoms with Crippen molar-refractivity contribution in [3.63, 3.8) is 0 Å². The summed E-state index contributed by atoms with van der Waals surface area (Å²) in [5.41, 5.74) is 12.0. The predicted octanol–water partition coefficient (Wildman–Crippen LogP) is 6.30. The summed E-state index contributed by atoms with van der Waals surface area (Å²) in [4.78, 5) is 71.1. The molecule has 310 valence electrons. The molecule has 3 heterocycles. The molecule has 0 radical (unpaired) electrons. The number of amides is 5. The van der Waals surface area contributed by atoms with Crippen LogP contribution in [-0.2, 0) is 23.9 Å². The molecule has 0 aromatic heterocycles. The monoisotopic (exact) mass is 793 g/mol. The SMILES string of the molecule is COC(=O)N[C@H](C(=O)N1CCC[C@H]1C(=O)Nc1ccc(C2CCC(c3ccc(NC(=O)[C@@H]4CCCN4C(=O)[C@@H](N)C(C)C)cc3)N2c2ccc(C)cc2)cc1)C(C)C. The summed E-state index contributed by atoms with van der Waals surface area (Å²) in [6.45, 7) is 10.6. The molecule has 58 heavy (non-hydrogen) atoms. The number of likely N-dealkylation sites (tertiary alicyclic amines) is 2. The minimum atomic E-state index is -0.800. The molecular weight excluding hydrogens is 735 g/mol. The average Bonchev–Trinajstić information content (AvgIpc) is 4.01. The fourth-order valence-electron chi connectivity index (χ4n) is 8.53. The lowest BCUT2D eigenvalue weighted by Crippen LogP contribution is -2.54. The zero-order chi connectivity index (χ0) is 41.7. The van der Waals surface area contributed by atoms with E-state index in [1.54, 1.807) is 9.80 Å². The van der Waals surface area contributed by atoms with E-state index in [4.69, 9.17) is 10.5 Å². The Morgan fingerprint density at radius 1 is 0.655 bits per heavy atom. The fraction of sp³-hybridized carbons (Fsp3) is 0.489. The van der Waals surface area contributed by atoms with Gasteiger partial charge in [0.25, 0.3) is 0 Å². The zero-order valence-corrected chi connectivity index (χ0v) is 34.6. The van der Waals surface area contributed by atoms with Crippen molar-refractivity contribution in [2.45, 2.75) is 109 Å². The highest BCUT2D eigenvalue weighted by molar-refractivity contribution is 5.99. The highest BCUT2D eigenvalue weighted by atomic mass is 16.5. The Morgan fingerprint density at radius 2 is 1.12 bits per heavy atom. The van der Waals surface area contributed by atoms with Gasteiger partial charge in [-0.2, -0.15) is 0 Å². The minimum Gasteiger partial charge on any atom is -0.453 e. The normalized spacial score (nSPS) is 21.6. The molecule has 5 amide bonds. The molecule has 13 heteroatoms. The van der Waals surface area contributed by atoms with Gasteiger partial charge in [0.05, 0.1) is 25.2 Å². The van der Waals surface area contributed by atoms with Crippen LogP contribution in [0.2, 0.25) is 0 Å². The molecule has 2 unspecified atom stereocenters. The van der Waals surface area contributed by atoms with E-state index in [2.05, 4.69) is 76.3 Å². The van der Waals surface area contributed by atoms with Gasteiger partial charge < -0.3 is 41.1 Å². The van der Waals surface area contributed by atoms with Gasteiger partial charge in [-0.25, -0.2) is 4.79 Å². The van der Waals surface area contributed by atoms with Crippen molar-refractivity contribution in [3.05, 3.63) is 89.5 Å². The van der Waals surface area contributed by atoms with Gasteiger partial charge in [-0.05, 0) is 105 Å². The third-order valence-electron chi connectivity index (χ3n) is 11.9. The van der Waals surface area contributed by atoms with Crippen molar-refractivity contribution in [2.24, 2.45) is 17.6 Å². The molecular formula is C45H59N7O6. The smallest absolute Gasteiger partial charge is 0.407 e. The number of benzene rings is 3. The molecule has 3 aromatic rings. The van der Waals surface area contributed by atoms with E-state index in [0.717, 1.165) is 36.1 Å². The van der Waals surface area contributed by atoms with Gasteiger partial charge in [-0.1, -0.05) is 69.7 Å². The molecule has 5 N–H and O–H groups in total. The first kappa shape index (κ1) is 42.2. The van der Waals surface area contributed by atoms with E-state index in [0.29, 0.717) is 43.7 Å². The maximum absolute atomic E-state index is 13.6.